The average molecular weight is 398 g/mol. The molecule has 1 aliphatic heterocycles. The minimum Gasteiger partial charge on any atom is -0.379 e. The zero-order valence-corrected chi connectivity index (χ0v) is 17.4. The first-order valence-electron chi connectivity index (χ1n) is 10.6. The van der Waals surface area contributed by atoms with Gasteiger partial charge < -0.3 is 5.32 Å². The summed E-state index contributed by atoms with van der Waals surface area (Å²) >= 11 is 6.28. The SMILES string of the molecule is CC1(C)Cc2cc(Cl)c(C=O)cc2C(=CC(=O)C23CC4CC(CC(C4)C2)C3)N1. The first-order chi connectivity index (χ1) is 13.3. The molecule has 0 aromatic heterocycles. The minimum atomic E-state index is -0.160. The van der Waals surface area contributed by atoms with E-state index in [9.17, 15) is 9.59 Å². The molecule has 0 radical (unpaired) electrons. The summed E-state index contributed by atoms with van der Waals surface area (Å²) in [6.45, 7) is 4.28. The van der Waals surface area contributed by atoms with Crippen molar-refractivity contribution in [3.8, 4) is 0 Å². The van der Waals surface area contributed by atoms with E-state index in [2.05, 4.69) is 19.2 Å². The lowest BCUT2D eigenvalue weighted by molar-refractivity contribution is -0.138. The van der Waals surface area contributed by atoms with Gasteiger partial charge in [-0.2, -0.15) is 0 Å². The Bertz CT molecular complexity index is 863. The summed E-state index contributed by atoms with van der Waals surface area (Å²) in [5.41, 5.74) is 3.08. The van der Waals surface area contributed by atoms with Gasteiger partial charge in [0.1, 0.15) is 0 Å². The number of rotatable bonds is 3. The second-order valence-corrected chi connectivity index (χ2v) is 10.9. The van der Waals surface area contributed by atoms with Gasteiger partial charge in [0, 0.05) is 33.9 Å². The predicted molar refractivity (Wildman–Crippen MR) is 111 cm³/mol. The van der Waals surface area contributed by atoms with Crippen LogP contribution in [0.3, 0.4) is 0 Å². The molecule has 4 bridgehead atoms. The Morgan fingerprint density at radius 3 is 2.29 bits per heavy atom. The molecule has 4 saturated carbocycles. The fourth-order valence-electron chi connectivity index (χ4n) is 6.88. The van der Waals surface area contributed by atoms with Gasteiger partial charge in [0.2, 0.25) is 0 Å². The van der Waals surface area contributed by atoms with Crippen molar-refractivity contribution >= 4 is 29.4 Å². The van der Waals surface area contributed by atoms with Crippen LogP contribution in [0.25, 0.3) is 5.70 Å². The highest BCUT2D eigenvalue weighted by Crippen LogP contribution is 2.60. The minimum absolute atomic E-state index is 0.148. The van der Waals surface area contributed by atoms with Crippen molar-refractivity contribution in [2.75, 3.05) is 0 Å². The molecule has 0 amide bonds. The monoisotopic (exact) mass is 397 g/mol. The maximum Gasteiger partial charge on any atom is 0.163 e. The number of aldehydes is 1. The summed E-state index contributed by atoms with van der Waals surface area (Å²) in [6, 6.07) is 3.73. The molecule has 5 aliphatic rings. The second kappa shape index (κ2) is 6.19. The molecule has 0 unspecified atom stereocenters. The van der Waals surface area contributed by atoms with Crippen LogP contribution in [0.1, 0.15) is 73.9 Å². The summed E-state index contributed by atoms with van der Waals surface area (Å²) in [6.07, 6.45) is 10.7. The van der Waals surface area contributed by atoms with E-state index in [0.717, 1.165) is 66.5 Å². The first-order valence-corrected chi connectivity index (χ1v) is 11.0. The van der Waals surface area contributed by atoms with Gasteiger partial charge in [0.15, 0.2) is 12.1 Å². The van der Waals surface area contributed by atoms with E-state index in [4.69, 9.17) is 11.6 Å². The summed E-state index contributed by atoms with van der Waals surface area (Å²) in [4.78, 5) is 25.0. The van der Waals surface area contributed by atoms with Crippen molar-refractivity contribution in [3.05, 3.63) is 39.9 Å². The molecule has 4 fully saturated rings. The number of nitrogens with one attached hydrogen (secondary N) is 1. The van der Waals surface area contributed by atoms with Crippen LogP contribution in [0.15, 0.2) is 18.2 Å². The van der Waals surface area contributed by atoms with Crippen molar-refractivity contribution in [1.82, 2.24) is 5.32 Å². The quantitative estimate of drug-likeness (QED) is 0.563. The van der Waals surface area contributed by atoms with E-state index in [0.29, 0.717) is 16.4 Å². The van der Waals surface area contributed by atoms with Crippen molar-refractivity contribution in [2.45, 2.75) is 64.3 Å². The molecule has 6 rings (SSSR count). The normalized spacial score (nSPS) is 36.1. The number of benzene rings is 1. The molecule has 0 atom stereocenters. The summed E-state index contributed by atoms with van der Waals surface area (Å²) in [7, 11) is 0. The van der Waals surface area contributed by atoms with E-state index >= 15 is 0 Å². The van der Waals surface area contributed by atoms with E-state index in [-0.39, 0.29) is 11.0 Å². The third-order valence-electron chi connectivity index (χ3n) is 7.58. The molecular formula is C24H28ClNO2. The Morgan fingerprint density at radius 1 is 1.11 bits per heavy atom. The highest BCUT2D eigenvalue weighted by Gasteiger charge is 2.54. The van der Waals surface area contributed by atoms with Gasteiger partial charge in [0.05, 0.1) is 5.02 Å². The Balaban J connectivity index is 1.54. The van der Waals surface area contributed by atoms with Gasteiger partial charge in [-0.25, -0.2) is 0 Å². The first kappa shape index (κ1) is 18.4. The van der Waals surface area contributed by atoms with Crippen molar-refractivity contribution in [2.24, 2.45) is 23.2 Å². The number of ketones is 1. The lowest BCUT2D eigenvalue weighted by atomic mass is 9.48. The van der Waals surface area contributed by atoms with Crippen molar-refractivity contribution in [3.63, 3.8) is 0 Å². The number of carbonyl (C=O) groups is 2. The van der Waals surface area contributed by atoms with Crippen LogP contribution in [0, 0.1) is 23.2 Å². The standard InChI is InChI=1S/C24H28ClNO2/c1-23(2)12-17-7-20(25)18(13-27)6-19(17)21(26-23)8-22(28)24-9-14-3-15(10-24)5-16(4-14)11-24/h6-8,13-16,26H,3-5,9-12H2,1-2H3. The van der Waals surface area contributed by atoms with Gasteiger partial charge in [0.25, 0.3) is 0 Å². The van der Waals surface area contributed by atoms with E-state index in [1.54, 1.807) is 0 Å². The Labute approximate surface area is 171 Å². The average Bonchev–Trinajstić information content (AvgIpc) is 2.59. The van der Waals surface area contributed by atoms with Gasteiger partial charge in [-0.05, 0) is 94.2 Å². The van der Waals surface area contributed by atoms with Crippen LogP contribution in [-0.2, 0) is 11.2 Å². The molecule has 1 aromatic carbocycles. The Hall–Kier alpha value is -1.61. The topological polar surface area (TPSA) is 46.2 Å². The predicted octanol–water partition coefficient (Wildman–Crippen LogP) is 5.20. The molecule has 0 spiro atoms. The molecule has 1 N–H and O–H groups in total. The number of hydrogen-bond donors (Lipinski definition) is 1. The van der Waals surface area contributed by atoms with Gasteiger partial charge in [-0.3, -0.25) is 9.59 Å². The molecule has 28 heavy (non-hydrogen) atoms. The van der Waals surface area contributed by atoms with Crippen LogP contribution in [0.5, 0.6) is 0 Å². The van der Waals surface area contributed by atoms with Crippen LogP contribution in [0.2, 0.25) is 5.02 Å². The number of carbonyl (C=O) groups excluding carboxylic acids is 2. The maximum absolute atomic E-state index is 13.6. The Morgan fingerprint density at radius 2 is 1.71 bits per heavy atom. The molecule has 3 nitrogen and oxygen atoms in total. The second-order valence-electron chi connectivity index (χ2n) is 10.5. The zero-order chi connectivity index (χ0) is 19.7. The number of halogens is 1. The van der Waals surface area contributed by atoms with Gasteiger partial charge in [-0.1, -0.05) is 11.6 Å². The summed E-state index contributed by atoms with van der Waals surface area (Å²) in [5, 5.41) is 4.05. The largest absolute Gasteiger partial charge is 0.379 e. The molecule has 1 heterocycles. The van der Waals surface area contributed by atoms with Gasteiger partial charge >= 0.3 is 0 Å². The van der Waals surface area contributed by atoms with Gasteiger partial charge in [-0.15, -0.1) is 0 Å². The maximum atomic E-state index is 13.6. The van der Waals surface area contributed by atoms with E-state index in [1.165, 1.54) is 19.3 Å². The highest BCUT2D eigenvalue weighted by atomic mass is 35.5. The van der Waals surface area contributed by atoms with Crippen LogP contribution in [0.4, 0.5) is 0 Å². The number of hydrogen-bond acceptors (Lipinski definition) is 3. The molecule has 0 saturated heterocycles. The molecule has 4 heteroatoms. The van der Waals surface area contributed by atoms with E-state index < -0.39 is 0 Å². The number of allylic oxidation sites excluding steroid dienone is 1. The summed E-state index contributed by atoms with van der Waals surface area (Å²) in [5.74, 6) is 2.53. The van der Waals surface area contributed by atoms with Crippen LogP contribution >= 0.6 is 11.6 Å². The number of fused-ring (bicyclic) bond motifs is 1. The third-order valence-corrected chi connectivity index (χ3v) is 7.91. The molecule has 148 valence electrons. The van der Waals surface area contributed by atoms with E-state index in [1.807, 2.05) is 18.2 Å². The molecule has 1 aromatic rings. The molecular weight excluding hydrogens is 370 g/mol. The van der Waals surface area contributed by atoms with Crippen LogP contribution < -0.4 is 5.32 Å². The molecule has 4 aliphatic carbocycles. The van der Waals surface area contributed by atoms with Crippen LogP contribution in [-0.4, -0.2) is 17.6 Å². The lowest BCUT2D eigenvalue weighted by Gasteiger charge is -2.55. The van der Waals surface area contributed by atoms with Crippen molar-refractivity contribution < 1.29 is 9.59 Å². The zero-order valence-electron chi connectivity index (χ0n) is 16.7. The lowest BCUT2D eigenvalue weighted by Crippen LogP contribution is -2.50. The highest BCUT2D eigenvalue weighted by molar-refractivity contribution is 6.33. The summed E-state index contributed by atoms with van der Waals surface area (Å²) < 4.78 is 0. The fourth-order valence-corrected chi connectivity index (χ4v) is 7.11. The smallest absolute Gasteiger partial charge is 0.163 e. The third kappa shape index (κ3) is 2.94. The Kier molecular flexibility index (Phi) is 4.07. The fraction of sp³-hybridized carbons (Fsp3) is 0.583. The van der Waals surface area contributed by atoms with Crippen molar-refractivity contribution in [1.29, 1.82) is 0 Å².